The van der Waals surface area contributed by atoms with Crippen LogP contribution in [0.5, 0.6) is 0 Å². The zero-order valence-corrected chi connectivity index (χ0v) is 9.98. The fourth-order valence-corrected chi connectivity index (χ4v) is 1.92. The molecule has 17 heavy (non-hydrogen) atoms. The molecular weight excluding hydrogens is 232 g/mol. The van der Waals surface area contributed by atoms with Crippen molar-refractivity contribution >= 4 is 23.3 Å². The molecule has 86 valence electrons. The van der Waals surface area contributed by atoms with Gasteiger partial charge in [0.05, 0.1) is 0 Å². The normalized spacial score (nSPS) is 10.6. The summed E-state index contributed by atoms with van der Waals surface area (Å²) < 4.78 is 0. The zero-order chi connectivity index (χ0) is 11.9. The second kappa shape index (κ2) is 5.96. The van der Waals surface area contributed by atoms with Gasteiger partial charge in [-0.3, -0.25) is 9.78 Å². The van der Waals surface area contributed by atoms with Crippen LogP contribution < -0.4 is 5.32 Å². The van der Waals surface area contributed by atoms with Crippen molar-refractivity contribution in [1.29, 1.82) is 0 Å². The summed E-state index contributed by atoms with van der Waals surface area (Å²) in [6.45, 7) is 0.523. The van der Waals surface area contributed by atoms with Crippen LogP contribution in [0.25, 0.3) is 6.08 Å². The molecule has 4 heteroatoms. The average molecular weight is 244 g/mol. The summed E-state index contributed by atoms with van der Waals surface area (Å²) in [5, 5.41) is 6.78. The topological polar surface area (TPSA) is 42.0 Å². The van der Waals surface area contributed by atoms with Crippen molar-refractivity contribution in [3.05, 3.63) is 58.6 Å². The molecule has 0 saturated carbocycles. The maximum Gasteiger partial charge on any atom is 0.244 e. The Morgan fingerprint density at radius 3 is 2.88 bits per heavy atom. The van der Waals surface area contributed by atoms with E-state index in [1.54, 1.807) is 35.9 Å². The maximum atomic E-state index is 11.5. The highest BCUT2D eigenvalue weighted by Crippen LogP contribution is 2.07. The van der Waals surface area contributed by atoms with Crippen LogP contribution in [0.3, 0.4) is 0 Å². The van der Waals surface area contributed by atoms with Crippen LogP contribution in [0, 0.1) is 0 Å². The van der Waals surface area contributed by atoms with Crippen molar-refractivity contribution in [2.24, 2.45) is 0 Å². The molecule has 2 rings (SSSR count). The van der Waals surface area contributed by atoms with E-state index in [0.717, 1.165) is 11.1 Å². The molecule has 0 aliphatic rings. The molecule has 0 aliphatic heterocycles. The molecule has 0 atom stereocenters. The van der Waals surface area contributed by atoms with Crippen LogP contribution in [0.4, 0.5) is 0 Å². The lowest BCUT2D eigenvalue weighted by molar-refractivity contribution is -0.116. The van der Waals surface area contributed by atoms with Crippen LogP contribution in [0.1, 0.15) is 11.1 Å². The van der Waals surface area contributed by atoms with Crippen molar-refractivity contribution in [3.8, 4) is 0 Å². The predicted octanol–water partition coefficient (Wildman–Crippen LogP) is 2.47. The van der Waals surface area contributed by atoms with Crippen molar-refractivity contribution in [2.45, 2.75) is 6.54 Å². The average Bonchev–Trinajstić information content (AvgIpc) is 2.88. The molecular formula is C13H12N2OS. The Morgan fingerprint density at radius 2 is 2.18 bits per heavy atom. The molecule has 2 aromatic rings. The van der Waals surface area contributed by atoms with Gasteiger partial charge in [-0.1, -0.05) is 0 Å². The van der Waals surface area contributed by atoms with Gasteiger partial charge in [-0.15, -0.1) is 0 Å². The molecule has 0 spiro atoms. The van der Waals surface area contributed by atoms with E-state index in [0.29, 0.717) is 6.54 Å². The summed E-state index contributed by atoms with van der Waals surface area (Å²) in [5.74, 6) is -0.0898. The van der Waals surface area contributed by atoms with Gasteiger partial charge in [0.2, 0.25) is 5.91 Å². The summed E-state index contributed by atoms with van der Waals surface area (Å²) in [5.41, 5.74) is 2.09. The Hall–Kier alpha value is -1.94. The Bertz CT molecular complexity index is 491. The van der Waals surface area contributed by atoms with E-state index >= 15 is 0 Å². The standard InChI is InChI=1S/C13H12N2OS/c16-13(2-1-12-5-8-17-10-12)15-9-11-3-6-14-7-4-11/h1-8,10H,9H2,(H,15,16)/b2-1+. The lowest BCUT2D eigenvalue weighted by Crippen LogP contribution is -2.20. The molecule has 0 fully saturated rings. The minimum Gasteiger partial charge on any atom is -0.348 e. The number of carbonyl (C=O) groups excluding carboxylic acids is 1. The summed E-state index contributed by atoms with van der Waals surface area (Å²) in [4.78, 5) is 15.4. The first kappa shape index (κ1) is 11.5. The third-order valence-electron chi connectivity index (χ3n) is 2.19. The molecule has 0 aromatic carbocycles. The molecule has 2 heterocycles. The number of carbonyl (C=O) groups is 1. The van der Waals surface area contributed by atoms with E-state index in [2.05, 4.69) is 10.3 Å². The van der Waals surface area contributed by atoms with Gasteiger partial charge in [0.25, 0.3) is 0 Å². The van der Waals surface area contributed by atoms with Crippen LogP contribution in [-0.2, 0) is 11.3 Å². The summed E-state index contributed by atoms with van der Waals surface area (Å²) in [6, 6.07) is 5.73. The van der Waals surface area contributed by atoms with Crippen molar-refractivity contribution in [1.82, 2.24) is 10.3 Å². The third kappa shape index (κ3) is 3.85. The van der Waals surface area contributed by atoms with E-state index in [1.807, 2.05) is 29.0 Å². The lowest BCUT2D eigenvalue weighted by Gasteiger charge is -2.01. The Balaban J connectivity index is 1.82. The third-order valence-corrected chi connectivity index (χ3v) is 2.89. The number of rotatable bonds is 4. The number of aromatic nitrogens is 1. The fraction of sp³-hybridized carbons (Fsp3) is 0.0769. The Morgan fingerprint density at radius 1 is 1.35 bits per heavy atom. The number of nitrogens with one attached hydrogen (secondary N) is 1. The molecule has 0 bridgehead atoms. The van der Waals surface area contributed by atoms with Gasteiger partial charge in [0.1, 0.15) is 0 Å². The first-order valence-electron chi connectivity index (χ1n) is 5.21. The van der Waals surface area contributed by atoms with Gasteiger partial charge in [0, 0.05) is 25.0 Å². The van der Waals surface area contributed by atoms with E-state index < -0.39 is 0 Å². The van der Waals surface area contributed by atoms with E-state index in [1.165, 1.54) is 0 Å². The molecule has 0 saturated heterocycles. The zero-order valence-electron chi connectivity index (χ0n) is 9.17. The van der Waals surface area contributed by atoms with Crippen LogP contribution >= 0.6 is 11.3 Å². The molecule has 3 nitrogen and oxygen atoms in total. The minimum absolute atomic E-state index is 0.0898. The number of thiophene rings is 1. The Kier molecular flexibility index (Phi) is 4.05. The molecule has 0 unspecified atom stereocenters. The first-order chi connectivity index (χ1) is 8.34. The van der Waals surface area contributed by atoms with Crippen LogP contribution in [-0.4, -0.2) is 10.9 Å². The molecule has 1 N–H and O–H groups in total. The Labute approximate surface area is 104 Å². The van der Waals surface area contributed by atoms with Crippen molar-refractivity contribution < 1.29 is 4.79 Å². The molecule has 1 amide bonds. The van der Waals surface area contributed by atoms with Crippen LogP contribution in [0.15, 0.2) is 47.4 Å². The van der Waals surface area contributed by atoms with E-state index in [4.69, 9.17) is 0 Å². The quantitative estimate of drug-likeness (QED) is 0.839. The van der Waals surface area contributed by atoms with Gasteiger partial charge >= 0.3 is 0 Å². The van der Waals surface area contributed by atoms with Gasteiger partial charge in [-0.25, -0.2) is 0 Å². The fourth-order valence-electron chi connectivity index (χ4n) is 1.29. The first-order valence-corrected chi connectivity index (χ1v) is 6.16. The summed E-state index contributed by atoms with van der Waals surface area (Å²) in [6.07, 6.45) is 6.77. The van der Waals surface area contributed by atoms with Gasteiger partial charge in [0.15, 0.2) is 0 Å². The summed E-state index contributed by atoms with van der Waals surface area (Å²) in [7, 11) is 0. The number of amides is 1. The van der Waals surface area contributed by atoms with E-state index in [-0.39, 0.29) is 5.91 Å². The summed E-state index contributed by atoms with van der Waals surface area (Å²) >= 11 is 1.61. The highest BCUT2D eigenvalue weighted by Gasteiger charge is 1.96. The number of nitrogens with zero attached hydrogens (tertiary/aromatic N) is 1. The SMILES string of the molecule is O=C(/C=C/c1ccsc1)NCc1ccncc1. The van der Waals surface area contributed by atoms with Crippen molar-refractivity contribution in [2.75, 3.05) is 0 Å². The molecule has 0 radical (unpaired) electrons. The van der Waals surface area contributed by atoms with Gasteiger partial charge < -0.3 is 5.32 Å². The van der Waals surface area contributed by atoms with E-state index in [9.17, 15) is 4.79 Å². The number of hydrogen-bond donors (Lipinski definition) is 1. The van der Waals surface area contributed by atoms with Crippen LogP contribution in [0.2, 0.25) is 0 Å². The second-order valence-electron chi connectivity index (χ2n) is 3.46. The maximum absolute atomic E-state index is 11.5. The molecule has 2 aromatic heterocycles. The monoisotopic (exact) mass is 244 g/mol. The largest absolute Gasteiger partial charge is 0.348 e. The lowest BCUT2D eigenvalue weighted by atomic mass is 10.2. The second-order valence-corrected chi connectivity index (χ2v) is 4.24. The predicted molar refractivity (Wildman–Crippen MR) is 69.4 cm³/mol. The van der Waals surface area contributed by atoms with Crippen molar-refractivity contribution in [3.63, 3.8) is 0 Å². The van der Waals surface area contributed by atoms with Gasteiger partial charge in [-0.2, -0.15) is 11.3 Å². The minimum atomic E-state index is -0.0898. The molecule has 0 aliphatic carbocycles. The smallest absolute Gasteiger partial charge is 0.244 e. The number of hydrogen-bond acceptors (Lipinski definition) is 3. The highest BCUT2D eigenvalue weighted by atomic mass is 32.1. The number of pyridine rings is 1. The highest BCUT2D eigenvalue weighted by molar-refractivity contribution is 7.08. The van der Waals surface area contributed by atoms with Gasteiger partial charge in [-0.05, 0) is 46.2 Å².